The van der Waals surface area contributed by atoms with Crippen molar-refractivity contribution in [1.82, 2.24) is 14.6 Å². The van der Waals surface area contributed by atoms with Crippen LogP contribution in [0.2, 0.25) is 0 Å². The normalized spacial score (nSPS) is 10.9. The molecular formula is C12H11N3OS. The lowest BCUT2D eigenvalue weighted by molar-refractivity contribution is 0.393. The van der Waals surface area contributed by atoms with Gasteiger partial charge in [-0.2, -0.15) is 0 Å². The van der Waals surface area contributed by atoms with Gasteiger partial charge < -0.3 is 4.74 Å². The highest BCUT2D eigenvalue weighted by molar-refractivity contribution is 7.15. The molecule has 0 aromatic carbocycles. The Kier molecular flexibility index (Phi) is 2.33. The number of hydrogen-bond donors (Lipinski definition) is 0. The van der Waals surface area contributed by atoms with E-state index in [0.717, 1.165) is 22.2 Å². The number of ether oxygens (including phenoxy) is 1. The SMILES string of the molecule is COc1cccc2nnc(-c3ccc(C)s3)n12. The van der Waals surface area contributed by atoms with Crippen LogP contribution in [0.25, 0.3) is 16.3 Å². The van der Waals surface area contributed by atoms with Crippen molar-refractivity contribution in [2.75, 3.05) is 7.11 Å². The van der Waals surface area contributed by atoms with Gasteiger partial charge in [0.2, 0.25) is 5.88 Å². The quantitative estimate of drug-likeness (QED) is 0.697. The van der Waals surface area contributed by atoms with E-state index in [1.807, 2.05) is 22.6 Å². The molecule has 0 atom stereocenters. The van der Waals surface area contributed by atoms with E-state index in [1.54, 1.807) is 18.4 Å². The number of aryl methyl sites for hydroxylation is 1. The zero-order chi connectivity index (χ0) is 11.8. The molecule has 5 heteroatoms. The molecule has 0 saturated carbocycles. The summed E-state index contributed by atoms with van der Waals surface area (Å²) >= 11 is 1.70. The Bertz CT molecular complexity index is 671. The molecule has 0 spiro atoms. The third-order valence-electron chi connectivity index (χ3n) is 2.56. The van der Waals surface area contributed by atoms with Crippen molar-refractivity contribution in [2.24, 2.45) is 0 Å². The van der Waals surface area contributed by atoms with Gasteiger partial charge in [-0.3, -0.25) is 0 Å². The van der Waals surface area contributed by atoms with E-state index in [1.165, 1.54) is 4.88 Å². The van der Waals surface area contributed by atoms with Gasteiger partial charge in [0.05, 0.1) is 12.0 Å². The smallest absolute Gasteiger partial charge is 0.200 e. The Morgan fingerprint density at radius 2 is 2.06 bits per heavy atom. The summed E-state index contributed by atoms with van der Waals surface area (Å²) in [5, 5.41) is 8.38. The van der Waals surface area contributed by atoms with Crippen LogP contribution in [0.5, 0.6) is 5.88 Å². The molecule has 17 heavy (non-hydrogen) atoms. The van der Waals surface area contributed by atoms with Crippen LogP contribution in [-0.4, -0.2) is 21.7 Å². The lowest BCUT2D eigenvalue weighted by Gasteiger charge is -2.04. The fourth-order valence-corrected chi connectivity index (χ4v) is 2.63. The maximum Gasteiger partial charge on any atom is 0.200 e. The van der Waals surface area contributed by atoms with E-state index in [4.69, 9.17) is 4.74 Å². The molecule has 0 aliphatic carbocycles. The van der Waals surface area contributed by atoms with Crippen LogP contribution in [-0.2, 0) is 0 Å². The minimum Gasteiger partial charge on any atom is -0.482 e. The summed E-state index contributed by atoms with van der Waals surface area (Å²) in [6, 6.07) is 9.87. The molecule has 3 aromatic heterocycles. The summed E-state index contributed by atoms with van der Waals surface area (Å²) in [5.41, 5.74) is 0.797. The second kappa shape index (κ2) is 3.85. The number of hydrogen-bond acceptors (Lipinski definition) is 4. The summed E-state index contributed by atoms with van der Waals surface area (Å²) in [4.78, 5) is 2.35. The van der Waals surface area contributed by atoms with Gasteiger partial charge in [0.1, 0.15) is 0 Å². The van der Waals surface area contributed by atoms with Crippen molar-refractivity contribution in [2.45, 2.75) is 6.92 Å². The monoisotopic (exact) mass is 245 g/mol. The van der Waals surface area contributed by atoms with Gasteiger partial charge in [-0.1, -0.05) is 6.07 Å². The van der Waals surface area contributed by atoms with E-state index in [2.05, 4.69) is 29.3 Å². The van der Waals surface area contributed by atoms with E-state index in [9.17, 15) is 0 Å². The number of thiophene rings is 1. The third kappa shape index (κ3) is 1.59. The molecule has 0 saturated heterocycles. The molecule has 0 N–H and O–H groups in total. The first-order valence-electron chi connectivity index (χ1n) is 5.24. The molecule has 0 aliphatic rings. The number of aromatic nitrogens is 3. The van der Waals surface area contributed by atoms with Gasteiger partial charge in [0.15, 0.2) is 11.5 Å². The van der Waals surface area contributed by atoms with E-state index in [0.29, 0.717) is 0 Å². The van der Waals surface area contributed by atoms with Crippen molar-refractivity contribution in [1.29, 1.82) is 0 Å². The van der Waals surface area contributed by atoms with Gasteiger partial charge in [-0.15, -0.1) is 21.5 Å². The largest absolute Gasteiger partial charge is 0.482 e. The Morgan fingerprint density at radius 3 is 2.76 bits per heavy atom. The van der Waals surface area contributed by atoms with Crippen molar-refractivity contribution in [3.63, 3.8) is 0 Å². The van der Waals surface area contributed by atoms with Crippen LogP contribution >= 0.6 is 11.3 Å². The topological polar surface area (TPSA) is 39.4 Å². The molecule has 0 unspecified atom stereocenters. The molecule has 4 nitrogen and oxygen atoms in total. The molecule has 3 heterocycles. The van der Waals surface area contributed by atoms with Crippen LogP contribution in [0.1, 0.15) is 4.88 Å². The molecule has 0 radical (unpaired) electrons. The fraction of sp³-hybridized carbons (Fsp3) is 0.167. The van der Waals surface area contributed by atoms with Crippen LogP contribution in [0.3, 0.4) is 0 Å². The summed E-state index contributed by atoms with van der Waals surface area (Å²) in [5.74, 6) is 1.57. The molecule has 3 rings (SSSR count). The molecule has 0 amide bonds. The van der Waals surface area contributed by atoms with E-state index in [-0.39, 0.29) is 0 Å². The summed E-state index contributed by atoms with van der Waals surface area (Å²) in [7, 11) is 1.65. The first-order valence-corrected chi connectivity index (χ1v) is 6.06. The van der Waals surface area contributed by atoms with Crippen LogP contribution in [0.4, 0.5) is 0 Å². The second-order valence-electron chi connectivity index (χ2n) is 3.70. The Balaban J connectivity index is 2.30. The summed E-state index contributed by atoms with van der Waals surface area (Å²) in [6.45, 7) is 2.08. The predicted molar refractivity (Wildman–Crippen MR) is 67.6 cm³/mol. The van der Waals surface area contributed by atoms with Crippen LogP contribution in [0.15, 0.2) is 30.3 Å². The van der Waals surface area contributed by atoms with Crippen LogP contribution in [0, 0.1) is 6.92 Å². The lowest BCUT2D eigenvalue weighted by atomic mass is 10.4. The van der Waals surface area contributed by atoms with Crippen molar-refractivity contribution in [3.8, 4) is 16.6 Å². The zero-order valence-corrected chi connectivity index (χ0v) is 10.4. The standard InChI is InChI=1S/C12H11N3OS/c1-8-6-7-9(17-8)12-14-13-10-4-3-5-11(16-2)15(10)12/h3-7H,1-2H3. The number of nitrogens with zero attached hydrogens (tertiary/aromatic N) is 3. The van der Waals surface area contributed by atoms with Gasteiger partial charge in [0, 0.05) is 4.88 Å². The predicted octanol–water partition coefficient (Wildman–Crippen LogP) is 2.77. The van der Waals surface area contributed by atoms with Gasteiger partial charge >= 0.3 is 0 Å². The highest BCUT2D eigenvalue weighted by Gasteiger charge is 2.12. The molecule has 0 aliphatic heterocycles. The minimum absolute atomic E-state index is 0.744. The zero-order valence-electron chi connectivity index (χ0n) is 9.54. The highest BCUT2D eigenvalue weighted by atomic mass is 32.1. The lowest BCUT2D eigenvalue weighted by Crippen LogP contribution is -1.94. The maximum atomic E-state index is 5.34. The van der Waals surface area contributed by atoms with E-state index >= 15 is 0 Å². The highest BCUT2D eigenvalue weighted by Crippen LogP contribution is 2.28. The number of methoxy groups -OCH3 is 1. The molecule has 0 bridgehead atoms. The molecule has 0 fully saturated rings. The molecular weight excluding hydrogens is 234 g/mol. The first-order chi connectivity index (χ1) is 8.29. The van der Waals surface area contributed by atoms with Gasteiger partial charge in [0.25, 0.3) is 0 Å². The van der Waals surface area contributed by atoms with Crippen molar-refractivity contribution >= 4 is 17.0 Å². The number of rotatable bonds is 2. The molecule has 86 valence electrons. The number of pyridine rings is 1. The maximum absolute atomic E-state index is 5.34. The summed E-state index contributed by atoms with van der Waals surface area (Å²) < 4.78 is 7.26. The van der Waals surface area contributed by atoms with Crippen LogP contribution < -0.4 is 4.74 Å². The minimum atomic E-state index is 0.744. The average Bonchev–Trinajstić information content (AvgIpc) is 2.94. The Morgan fingerprint density at radius 1 is 1.18 bits per heavy atom. The van der Waals surface area contributed by atoms with Gasteiger partial charge in [-0.25, -0.2) is 4.40 Å². The van der Waals surface area contributed by atoms with E-state index < -0.39 is 0 Å². The fourth-order valence-electron chi connectivity index (χ4n) is 1.79. The average molecular weight is 245 g/mol. The van der Waals surface area contributed by atoms with Crippen molar-refractivity contribution in [3.05, 3.63) is 35.2 Å². The summed E-state index contributed by atoms with van der Waals surface area (Å²) in [6.07, 6.45) is 0. The third-order valence-corrected chi connectivity index (χ3v) is 3.56. The Labute approximate surface area is 102 Å². The second-order valence-corrected chi connectivity index (χ2v) is 4.98. The molecule has 3 aromatic rings. The van der Waals surface area contributed by atoms with Crippen molar-refractivity contribution < 1.29 is 4.74 Å². The van der Waals surface area contributed by atoms with Gasteiger partial charge in [-0.05, 0) is 31.2 Å². The Hall–Kier alpha value is -1.88. The number of fused-ring (bicyclic) bond motifs is 1. The first kappa shape index (κ1) is 10.3.